The molecule has 0 amide bonds. The predicted octanol–water partition coefficient (Wildman–Crippen LogP) is 4.98. The molecule has 0 spiro atoms. The van der Waals surface area contributed by atoms with Gasteiger partial charge in [-0.15, -0.1) is 0 Å². The van der Waals surface area contributed by atoms with E-state index in [-0.39, 0.29) is 10.8 Å². The minimum absolute atomic E-state index is 0.165. The Morgan fingerprint density at radius 3 is 1.47 bits per heavy atom. The van der Waals surface area contributed by atoms with E-state index in [0.29, 0.717) is 11.1 Å². The highest BCUT2D eigenvalue weighted by atomic mass is 16.1. The number of aromatic nitrogens is 4. The van der Waals surface area contributed by atoms with Crippen molar-refractivity contribution < 1.29 is 9.59 Å². The Morgan fingerprint density at radius 1 is 0.688 bits per heavy atom. The molecule has 0 aliphatic carbocycles. The van der Waals surface area contributed by atoms with E-state index in [9.17, 15) is 9.59 Å². The number of hydrogen-bond donors (Lipinski definition) is 2. The zero-order valence-corrected chi connectivity index (χ0v) is 18.7. The van der Waals surface area contributed by atoms with Gasteiger partial charge < -0.3 is 9.97 Å². The van der Waals surface area contributed by atoms with E-state index in [2.05, 4.69) is 37.7 Å². The molecule has 6 heteroatoms. The number of nitrogens with one attached hydrogen (secondary N) is 2. The molecule has 162 valence electrons. The lowest BCUT2D eigenvalue weighted by Gasteiger charge is -2.15. The Kier molecular flexibility index (Phi) is 4.45. The first-order valence-corrected chi connectivity index (χ1v) is 10.8. The van der Waals surface area contributed by atoms with Crippen LogP contribution in [0.1, 0.15) is 71.2 Å². The first kappa shape index (κ1) is 20.4. The Hall–Kier alpha value is -3.54. The van der Waals surface area contributed by atoms with Crippen LogP contribution in [-0.2, 0) is 23.7 Å². The average Bonchev–Trinajstić information content (AvgIpc) is 3.41. The van der Waals surface area contributed by atoms with Crippen LogP contribution < -0.4 is 0 Å². The largest absolute Gasteiger partial charge is 0.355 e. The first-order chi connectivity index (χ1) is 15.2. The molecule has 0 fully saturated rings. The molecule has 2 aliphatic heterocycles. The van der Waals surface area contributed by atoms with E-state index in [0.717, 1.165) is 70.3 Å². The molecular formula is C26H26N4O2. The number of H-pyrrole nitrogens is 2. The molecule has 5 heterocycles. The van der Waals surface area contributed by atoms with Gasteiger partial charge in [-0.25, -0.2) is 0 Å². The zero-order chi connectivity index (χ0) is 22.7. The van der Waals surface area contributed by atoms with Crippen molar-refractivity contribution in [1.82, 2.24) is 19.9 Å². The van der Waals surface area contributed by atoms with Crippen molar-refractivity contribution in [2.75, 3.05) is 0 Å². The molecule has 8 bridgehead atoms. The molecule has 5 rings (SSSR count). The van der Waals surface area contributed by atoms with Crippen LogP contribution in [0.15, 0.2) is 36.4 Å². The van der Waals surface area contributed by atoms with Crippen LogP contribution in [-0.4, -0.2) is 32.5 Å². The van der Waals surface area contributed by atoms with Crippen LogP contribution in [0, 0.1) is 0 Å². The highest BCUT2D eigenvalue weighted by Gasteiger charge is 2.30. The van der Waals surface area contributed by atoms with Crippen molar-refractivity contribution in [2.45, 2.75) is 51.4 Å². The van der Waals surface area contributed by atoms with E-state index in [1.165, 1.54) is 0 Å². The molecule has 0 radical (unpaired) electrons. The normalized spacial score (nSPS) is 16.6. The van der Waals surface area contributed by atoms with Crippen molar-refractivity contribution in [2.24, 2.45) is 0 Å². The Morgan fingerprint density at radius 2 is 1.09 bits per heavy atom. The minimum atomic E-state index is -0.165. The van der Waals surface area contributed by atoms with Gasteiger partial charge in [-0.05, 0) is 36.4 Å². The number of fused-ring (bicyclic) bond motifs is 8. The Balaban J connectivity index is 1.91. The Labute approximate surface area is 186 Å². The number of aromatic amines is 2. The third-order valence-corrected chi connectivity index (χ3v) is 6.42. The maximum atomic E-state index is 11.7. The summed E-state index contributed by atoms with van der Waals surface area (Å²) in [7, 11) is 0. The summed E-state index contributed by atoms with van der Waals surface area (Å²) in [6, 6.07) is 11.6. The fourth-order valence-corrected chi connectivity index (χ4v) is 4.63. The van der Waals surface area contributed by atoms with Crippen molar-refractivity contribution in [3.63, 3.8) is 0 Å². The fourth-order valence-electron chi connectivity index (χ4n) is 4.63. The molecule has 0 saturated carbocycles. The summed E-state index contributed by atoms with van der Waals surface area (Å²) in [6.45, 7) is 8.59. The molecule has 32 heavy (non-hydrogen) atoms. The van der Waals surface area contributed by atoms with Gasteiger partial charge >= 0.3 is 0 Å². The standard InChI is InChI=1S/C26H26N4O2/c1-25(2)11-19-7-21-16(14-32)6-18(28-21)10-24-26(3,4)12-20(30-24)8-22-15(13-31)5-17(27-22)9-23(25)29-19/h5-10,13-14,27-28H,11-12H2,1-4H3. The highest BCUT2D eigenvalue weighted by molar-refractivity contribution is 5.90. The summed E-state index contributed by atoms with van der Waals surface area (Å²) in [4.78, 5) is 39.9. The average molecular weight is 427 g/mol. The number of aldehydes is 2. The summed E-state index contributed by atoms with van der Waals surface area (Å²) >= 11 is 0. The number of rotatable bonds is 2. The SMILES string of the molecule is CC1(C)Cc2cc3[nH]c(cc4nc(cc5[nH]c(cc1n2)cc5C=O)CC4(C)C)cc3C=O. The monoisotopic (exact) mass is 426 g/mol. The maximum absolute atomic E-state index is 11.7. The maximum Gasteiger partial charge on any atom is 0.152 e. The van der Waals surface area contributed by atoms with Crippen LogP contribution in [0.3, 0.4) is 0 Å². The third kappa shape index (κ3) is 3.45. The van der Waals surface area contributed by atoms with Crippen LogP contribution in [0.5, 0.6) is 0 Å². The van der Waals surface area contributed by atoms with E-state index >= 15 is 0 Å². The second kappa shape index (κ2) is 6.99. The second-order valence-electron chi connectivity index (χ2n) is 10.1. The van der Waals surface area contributed by atoms with Gasteiger partial charge in [-0.2, -0.15) is 0 Å². The van der Waals surface area contributed by atoms with E-state index in [1.807, 2.05) is 36.4 Å². The van der Waals surface area contributed by atoms with Crippen molar-refractivity contribution in [1.29, 1.82) is 0 Å². The van der Waals surface area contributed by atoms with Gasteiger partial charge in [0.2, 0.25) is 0 Å². The van der Waals surface area contributed by atoms with Gasteiger partial charge in [0.15, 0.2) is 12.6 Å². The molecule has 0 aromatic carbocycles. The number of nitrogens with zero attached hydrogens (tertiary/aromatic N) is 2. The number of hydrogen-bond acceptors (Lipinski definition) is 4. The lowest BCUT2D eigenvalue weighted by molar-refractivity contribution is 0.111. The van der Waals surface area contributed by atoms with Gasteiger partial charge in [-0.3, -0.25) is 19.6 Å². The minimum Gasteiger partial charge on any atom is -0.355 e. The molecule has 0 atom stereocenters. The van der Waals surface area contributed by atoms with Gasteiger partial charge in [-0.1, -0.05) is 27.7 Å². The smallest absolute Gasteiger partial charge is 0.152 e. The van der Waals surface area contributed by atoms with E-state index in [4.69, 9.17) is 9.97 Å². The highest BCUT2D eigenvalue weighted by Crippen LogP contribution is 2.33. The predicted molar refractivity (Wildman–Crippen MR) is 125 cm³/mol. The molecular weight excluding hydrogens is 400 g/mol. The van der Waals surface area contributed by atoms with Gasteiger partial charge in [0.1, 0.15) is 0 Å². The summed E-state index contributed by atoms with van der Waals surface area (Å²) in [5.74, 6) is 0. The van der Waals surface area contributed by atoms with E-state index < -0.39 is 0 Å². The topological polar surface area (TPSA) is 91.5 Å². The summed E-state index contributed by atoms with van der Waals surface area (Å²) < 4.78 is 0. The molecule has 3 aromatic heterocycles. The molecule has 0 saturated heterocycles. The quantitative estimate of drug-likeness (QED) is 0.565. The van der Waals surface area contributed by atoms with E-state index in [1.54, 1.807) is 0 Å². The van der Waals surface area contributed by atoms with Crippen molar-refractivity contribution >= 4 is 34.6 Å². The van der Waals surface area contributed by atoms with Gasteiger partial charge in [0, 0.05) is 68.6 Å². The molecule has 2 N–H and O–H groups in total. The number of carbonyl (C=O) groups is 2. The van der Waals surface area contributed by atoms with Crippen molar-refractivity contribution in [3.05, 3.63) is 70.3 Å². The first-order valence-electron chi connectivity index (χ1n) is 10.8. The third-order valence-electron chi connectivity index (χ3n) is 6.42. The van der Waals surface area contributed by atoms with Gasteiger partial charge in [0.25, 0.3) is 0 Å². The molecule has 3 aromatic rings. The van der Waals surface area contributed by atoms with Crippen LogP contribution >= 0.6 is 0 Å². The van der Waals surface area contributed by atoms with Crippen molar-refractivity contribution in [3.8, 4) is 0 Å². The van der Waals surface area contributed by atoms with Crippen LogP contribution in [0.4, 0.5) is 0 Å². The van der Waals surface area contributed by atoms with Crippen LogP contribution in [0.25, 0.3) is 22.1 Å². The summed E-state index contributed by atoms with van der Waals surface area (Å²) in [5.41, 5.74) is 7.75. The molecule has 2 aliphatic rings. The molecule has 6 nitrogen and oxygen atoms in total. The fraction of sp³-hybridized carbons (Fsp3) is 0.308. The summed E-state index contributed by atoms with van der Waals surface area (Å²) in [6.07, 6.45) is 3.26. The summed E-state index contributed by atoms with van der Waals surface area (Å²) in [5, 5.41) is 0. The number of carbonyl (C=O) groups excluding carboxylic acids is 2. The lowest BCUT2D eigenvalue weighted by atomic mass is 9.87. The zero-order valence-electron chi connectivity index (χ0n) is 18.7. The van der Waals surface area contributed by atoms with Crippen LogP contribution in [0.2, 0.25) is 0 Å². The Bertz CT molecular complexity index is 1310. The lowest BCUT2D eigenvalue weighted by Crippen LogP contribution is -2.15. The van der Waals surface area contributed by atoms with Gasteiger partial charge in [0.05, 0.1) is 11.0 Å². The molecule has 0 unspecified atom stereocenters. The second-order valence-corrected chi connectivity index (χ2v) is 10.1.